The van der Waals surface area contributed by atoms with E-state index in [4.69, 9.17) is 18.6 Å². The van der Waals surface area contributed by atoms with Crippen LogP contribution >= 0.6 is 0 Å². The molecule has 0 aliphatic carbocycles. The summed E-state index contributed by atoms with van der Waals surface area (Å²) in [5.74, 6) is 1.53. The number of hydrogen-bond donors (Lipinski definition) is 0. The predicted octanol–water partition coefficient (Wildman–Crippen LogP) is 2.95. The number of rotatable bonds is 5. The lowest BCUT2D eigenvalue weighted by Crippen LogP contribution is -2.43. The minimum absolute atomic E-state index is 0.350. The normalized spacial score (nSPS) is 17.3. The first-order valence-corrected chi connectivity index (χ1v) is 10.6. The summed E-state index contributed by atoms with van der Waals surface area (Å²) in [5.41, 5.74) is 2.53. The van der Waals surface area contributed by atoms with Gasteiger partial charge in [-0.25, -0.2) is 4.79 Å². The maximum atomic E-state index is 12.8. The first kappa shape index (κ1) is 20.1. The van der Waals surface area contributed by atoms with Crippen LogP contribution in [0.1, 0.15) is 5.56 Å². The van der Waals surface area contributed by atoms with Gasteiger partial charge in [-0.05, 0) is 35.9 Å². The van der Waals surface area contributed by atoms with Crippen molar-refractivity contribution >= 4 is 11.0 Å². The fourth-order valence-corrected chi connectivity index (χ4v) is 4.16. The average molecular weight is 422 g/mol. The summed E-state index contributed by atoms with van der Waals surface area (Å²) in [7, 11) is 1.62. The second-order valence-electron chi connectivity index (χ2n) is 7.92. The second kappa shape index (κ2) is 8.70. The Hall–Kier alpha value is -2.87. The fraction of sp³-hybridized carbons (Fsp3) is 0.375. The summed E-state index contributed by atoms with van der Waals surface area (Å²) in [6.45, 7) is 6.63. The maximum Gasteiger partial charge on any atom is 0.344 e. The van der Waals surface area contributed by atoms with Crippen LogP contribution in [0.25, 0.3) is 22.1 Å². The molecule has 3 aromatic rings. The molecule has 2 aliphatic rings. The molecular formula is C24H26N2O5. The number of nitrogens with zero attached hydrogens (tertiary/aromatic N) is 2. The molecule has 7 heteroatoms. The molecule has 31 heavy (non-hydrogen) atoms. The van der Waals surface area contributed by atoms with Crippen molar-refractivity contribution < 1.29 is 18.6 Å². The van der Waals surface area contributed by atoms with E-state index in [1.165, 1.54) is 0 Å². The number of hydrogen-bond acceptors (Lipinski definition) is 7. The fourth-order valence-electron chi connectivity index (χ4n) is 4.16. The monoisotopic (exact) mass is 422 g/mol. The highest BCUT2D eigenvalue weighted by Gasteiger charge is 2.23. The van der Waals surface area contributed by atoms with E-state index in [9.17, 15) is 4.79 Å². The second-order valence-corrected chi connectivity index (χ2v) is 7.92. The molecular weight excluding hydrogens is 396 g/mol. The van der Waals surface area contributed by atoms with E-state index < -0.39 is 0 Å². The van der Waals surface area contributed by atoms with Crippen molar-refractivity contribution in [2.75, 3.05) is 53.2 Å². The number of fused-ring (bicyclic) bond motifs is 3. The summed E-state index contributed by atoms with van der Waals surface area (Å²) < 4.78 is 22.4. The van der Waals surface area contributed by atoms with Gasteiger partial charge in [0.1, 0.15) is 23.8 Å². The van der Waals surface area contributed by atoms with E-state index in [0.29, 0.717) is 24.4 Å². The van der Waals surface area contributed by atoms with Crippen LogP contribution in [0.15, 0.2) is 51.7 Å². The van der Waals surface area contributed by atoms with Crippen molar-refractivity contribution in [3.8, 4) is 22.6 Å². The SMILES string of the molecule is COc1ccc(-c2cc3ccc4c(c3oc2=O)CN(CCN2CCOCC2)CO4)cc1. The van der Waals surface area contributed by atoms with Crippen molar-refractivity contribution in [3.05, 3.63) is 58.4 Å². The molecule has 0 saturated carbocycles. The Labute approximate surface area is 180 Å². The maximum absolute atomic E-state index is 12.8. The van der Waals surface area contributed by atoms with Crippen molar-refractivity contribution in [2.45, 2.75) is 6.54 Å². The Morgan fingerprint density at radius 2 is 1.77 bits per heavy atom. The van der Waals surface area contributed by atoms with Gasteiger partial charge >= 0.3 is 5.63 Å². The third-order valence-corrected chi connectivity index (χ3v) is 5.98. The van der Waals surface area contributed by atoms with Gasteiger partial charge in [0.25, 0.3) is 0 Å². The Balaban J connectivity index is 1.40. The van der Waals surface area contributed by atoms with E-state index in [1.807, 2.05) is 42.5 Å². The summed E-state index contributed by atoms with van der Waals surface area (Å²) >= 11 is 0. The molecule has 1 aromatic heterocycles. The van der Waals surface area contributed by atoms with Crippen LogP contribution < -0.4 is 15.1 Å². The van der Waals surface area contributed by atoms with Gasteiger partial charge in [-0.1, -0.05) is 12.1 Å². The summed E-state index contributed by atoms with van der Waals surface area (Å²) in [4.78, 5) is 17.5. The van der Waals surface area contributed by atoms with Gasteiger partial charge in [-0.15, -0.1) is 0 Å². The zero-order chi connectivity index (χ0) is 21.2. The Morgan fingerprint density at radius 1 is 1.00 bits per heavy atom. The predicted molar refractivity (Wildman–Crippen MR) is 118 cm³/mol. The molecule has 0 N–H and O–H groups in total. The molecule has 0 atom stereocenters. The topological polar surface area (TPSA) is 64.4 Å². The Kier molecular flexibility index (Phi) is 5.63. The molecule has 1 saturated heterocycles. The van der Waals surface area contributed by atoms with E-state index >= 15 is 0 Å². The van der Waals surface area contributed by atoms with Gasteiger partial charge in [-0.2, -0.15) is 0 Å². The molecule has 0 spiro atoms. The molecule has 1 fully saturated rings. The zero-order valence-corrected chi connectivity index (χ0v) is 17.6. The van der Waals surface area contributed by atoms with E-state index in [2.05, 4.69) is 9.80 Å². The molecule has 2 aliphatic heterocycles. The number of ether oxygens (including phenoxy) is 3. The highest BCUT2D eigenvalue weighted by molar-refractivity contribution is 5.86. The zero-order valence-electron chi connectivity index (χ0n) is 17.6. The minimum atomic E-state index is -0.350. The number of morpholine rings is 1. The van der Waals surface area contributed by atoms with E-state index in [1.54, 1.807) is 7.11 Å². The quantitative estimate of drug-likeness (QED) is 0.586. The lowest BCUT2D eigenvalue weighted by Gasteiger charge is -2.32. The molecule has 7 nitrogen and oxygen atoms in total. The van der Waals surface area contributed by atoms with Crippen LogP contribution in [0.2, 0.25) is 0 Å². The lowest BCUT2D eigenvalue weighted by atomic mass is 10.0. The van der Waals surface area contributed by atoms with Crippen LogP contribution in [-0.2, 0) is 11.3 Å². The van der Waals surface area contributed by atoms with E-state index in [-0.39, 0.29) is 5.63 Å². The van der Waals surface area contributed by atoms with Gasteiger partial charge in [0.05, 0.1) is 31.5 Å². The summed E-state index contributed by atoms with van der Waals surface area (Å²) in [5, 5.41) is 0.891. The smallest absolute Gasteiger partial charge is 0.344 e. The van der Waals surface area contributed by atoms with Gasteiger partial charge < -0.3 is 18.6 Å². The molecule has 5 rings (SSSR count). The average Bonchev–Trinajstić information content (AvgIpc) is 2.83. The van der Waals surface area contributed by atoms with Crippen LogP contribution in [0, 0.1) is 0 Å². The van der Waals surface area contributed by atoms with Crippen molar-refractivity contribution in [1.82, 2.24) is 9.80 Å². The van der Waals surface area contributed by atoms with Crippen LogP contribution in [0.3, 0.4) is 0 Å². The standard InChI is InChI=1S/C24H26N2O5/c1-28-19-5-2-17(3-6-19)20-14-18-4-7-22-21(23(18)31-24(20)27)15-26(16-30-22)9-8-25-10-12-29-13-11-25/h2-7,14H,8-13,15-16H2,1H3. The van der Waals surface area contributed by atoms with Crippen molar-refractivity contribution in [1.29, 1.82) is 0 Å². The molecule has 2 aromatic carbocycles. The Morgan fingerprint density at radius 3 is 2.55 bits per heavy atom. The van der Waals surface area contributed by atoms with Gasteiger partial charge in [0.2, 0.25) is 0 Å². The van der Waals surface area contributed by atoms with Crippen LogP contribution in [0.4, 0.5) is 0 Å². The van der Waals surface area contributed by atoms with Gasteiger partial charge in [-0.3, -0.25) is 9.80 Å². The summed E-state index contributed by atoms with van der Waals surface area (Å²) in [6.07, 6.45) is 0. The first-order valence-electron chi connectivity index (χ1n) is 10.6. The number of benzene rings is 2. The molecule has 0 radical (unpaired) electrons. The third-order valence-electron chi connectivity index (χ3n) is 5.98. The molecule has 0 unspecified atom stereocenters. The molecule has 0 bridgehead atoms. The minimum Gasteiger partial charge on any atom is -0.497 e. The van der Waals surface area contributed by atoms with Crippen molar-refractivity contribution in [2.24, 2.45) is 0 Å². The van der Waals surface area contributed by atoms with Crippen molar-refractivity contribution in [3.63, 3.8) is 0 Å². The first-order chi connectivity index (χ1) is 15.2. The molecule has 3 heterocycles. The van der Waals surface area contributed by atoms with E-state index in [0.717, 1.165) is 67.4 Å². The van der Waals surface area contributed by atoms with Gasteiger partial charge in [0.15, 0.2) is 0 Å². The third kappa shape index (κ3) is 4.17. The molecule has 0 amide bonds. The van der Waals surface area contributed by atoms with Crippen LogP contribution in [0.5, 0.6) is 11.5 Å². The Bertz CT molecular complexity index is 1120. The highest BCUT2D eigenvalue weighted by atomic mass is 16.5. The van der Waals surface area contributed by atoms with Gasteiger partial charge in [0, 0.05) is 38.1 Å². The van der Waals surface area contributed by atoms with Crippen LogP contribution in [-0.4, -0.2) is 63.0 Å². The lowest BCUT2D eigenvalue weighted by molar-refractivity contribution is 0.0241. The summed E-state index contributed by atoms with van der Waals surface area (Å²) in [6, 6.07) is 13.2. The molecule has 162 valence electrons. The largest absolute Gasteiger partial charge is 0.497 e. The highest BCUT2D eigenvalue weighted by Crippen LogP contribution is 2.33. The number of methoxy groups -OCH3 is 1.